The molecule has 1 rings (SSSR count). The predicted octanol–water partition coefficient (Wildman–Crippen LogP) is 4.17. The van der Waals surface area contributed by atoms with Gasteiger partial charge in [0.1, 0.15) is 0 Å². The molecule has 0 saturated carbocycles. The smallest absolute Gasteiger partial charge is 0.0280 e. The Kier molecular flexibility index (Phi) is 3.37. The van der Waals surface area contributed by atoms with Crippen LogP contribution in [-0.2, 0) is 0 Å². The zero-order chi connectivity index (χ0) is 9.14. The number of rotatable bonds is 4. The number of hydrogen-bond donors (Lipinski definition) is 0. The van der Waals surface area contributed by atoms with E-state index in [4.69, 9.17) is 0 Å². The Labute approximate surface area is 77.1 Å². The van der Waals surface area contributed by atoms with Crippen molar-refractivity contribution in [2.75, 3.05) is 0 Å². The minimum atomic E-state index is 0.850. The van der Waals surface area contributed by atoms with Gasteiger partial charge in [0, 0.05) is 0 Å². The third-order valence-electron chi connectivity index (χ3n) is 2.54. The summed E-state index contributed by atoms with van der Waals surface area (Å²) in [7, 11) is 0. The highest BCUT2D eigenvalue weighted by Gasteiger charge is 2.17. The van der Waals surface area contributed by atoms with Crippen LogP contribution in [0.5, 0.6) is 0 Å². The first-order chi connectivity index (χ1) is 5.59. The lowest BCUT2D eigenvalue weighted by atomic mass is 9.80. The lowest BCUT2D eigenvalue weighted by Gasteiger charge is -2.26. The van der Waals surface area contributed by atoms with Crippen molar-refractivity contribution in [2.24, 2.45) is 11.8 Å². The van der Waals surface area contributed by atoms with Crippen LogP contribution in [0.2, 0.25) is 0 Å². The standard InChI is InChI=1S/C12H22/c1-9(2)7-11-5-6-12(11)8-10(3)4/h9-10H,5-8H2,1-4H3. The molecular weight excluding hydrogens is 144 g/mol. The molecule has 0 radical (unpaired) electrons. The molecule has 0 spiro atoms. The Hall–Kier alpha value is -0.260. The second-order valence-corrected chi connectivity index (χ2v) is 4.90. The van der Waals surface area contributed by atoms with Gasteiger partial charge in [0.15, 0.2) is 0 Å². The van der Waals surface area contributed by atoms with Crippen LogP contribution in [0.3, 0.4) is 0 Å². The molecule has 0 unspecified atom stereocenters. The fourth-order valence-corrected chi connectivity index (χ4v) is 1.96. The third-order valence-corrected chi connectivity index (χ3v) is 2.54. The molecule has 0 bridgehead atoms. The highest BCUT2D eigenvalue weighted by atomic mass is 14.2. The van der Waals surface area contributed by atoms with Crippen LogP contribution in [0.1, 0.15) is 53.4 Å². The molecule has 12 heavy (non-hydrogen) atoms. The summed E-state index contributed by atoms with van der Waals surface area (Å²) in [5.74, 6) is 1.70. The van der Waals surface area contributed by atoms with E-state index in [1.54, 1.807) is 11.1 Å². The second kappa shape index (κ2) is 4.11. The van der Waals surface area contributed by atoms with Crippen LogP contribution in [-0.4, -0.2) is 0 Å². The summed E-state index contributed by atoms with van der Waals surface area (Å²) in [5, 5.41) is 0. The summed E-state index contributed by atoms with van der Waals surface area (Å²) in [4.78, 5) is 0. The third kappa shape index (κ3) is 2.66. The van der Waals surface area contributed by atoms with Crippen molar-refractivity contribution in [3.05, 3.63) is 11.1 Å². The molecule has 0 saturated heterocycles. The van der Waals surface area contributed by atoms with Gasteiger partial charge in [0.2, 0.25) is 0 Å². The average Bonchev–Trinajstić information content (AvgIpc) is 1.93. The maximum Gasteiger partial charge on any atom is -0.0280 e. The maximum atomic E-state index is 2.32. The second-order valence-electron chi connectivity index (χ2n) is 4.90. The van der Waals surface area contributed by atoms with Gasteiger partial charge in [-0.25, -0.2) is 0 Å². The molecule has 0 heteroatoms. The van der Waals surface area contributed by atoms with Gasteiger partial charge >= 0.3 is 0 Å². The predicted molar refractivity (Wildman–Crippen MR) is 55.2 cm³/mol. The van der Waals surface area contributed by atoms with E-state index in [1.165, 1.54) is 25.7 Å². The zero-order valence-electron chi connectivity index (χ0n) is 8.98. The van der Waals surface area contributed by atoms with Crippen LogP contribution >= 0.6 is 0 Å². The molecule has 0 N–H and O–H groups in total. The van der Waals surface area contributed by atoms with Gasteiger partial charge in [0.05, 0.1) is 0 Å². The van der Waals surface area contributed by atoms with Crippen molar-refractivity contribution in [3.8, 4) is 0 Å². The van der Waals surface area contributed by atoms with Gasteiger partial charge in [-0.2, -0.15) is 0 Å². The summed E-state index contributed by atoms with van der Waals surface area (Å²) in [5.41, 5.74) is 3.55. The summed E-state index contributed by atoms with van der Waals surface area (Å²) >= 11 is 0. The fourth-order valence-electron chi connectivity index (χ4n) is 1.96. The monoisotopic (exact) mass is 166 g/mol. The largest absolute Gasteiger partial charge is 0.0704 e. The Morgan fingerprint density at radius 3 is 1.33 bits per heavy atom. The SMILES string of the molecule is CC(C)CC1=C(CC(C)C)CC1. The Bertz CT molecular complexity index is 152. The van der Waals surface area contributed by atoms with E-state index in [0.717, 1.165) is 11.8 Å². The van der Waals surface area contributed by atoms with Crippen molar-refractivity contribution in [1.82, 2.24) is 0 Å². The first kappa shape index (κ1) is 9.83. The highest BCUT2D eigenvalue weighted by Crippen LogP contribution is 2.36. The van der Waals surface area contributed by atoms with Gasteiger partial charge in [-0.3, -0.25) is 0 Å². The molecule has 0 amide bonds. The molecule has 0 fully saturated rings. The Morgan fingerprint density at radius 2 is 1.17 bits per heavy atom. The quantitative estimate of drug-likeness (QED) is 0.550. The van der Waals surface area contributed by atoms with Gasteiger partial charge < -0.3 is 0 Å². The molecule has 0 nitrogen and oxygen atoms in total. The first-order valence-electron chi connectivity index (χ1n) is 5.29. The topological polar surface area (TPSA) is 0 Å². The molecule has 0 aromatic rings. The van der Waals surface area contributed by atoms with Gasteiger partial charge in [-0.1, -0.05) is 38.8 Å². The van der Waals surface area contributed by atoms with E-state index in [0.29, 0.717) is 0 Å². The summed E-state index contributed by atoms with van der Waals surface area (Å²) in [6, 6.07) is 0. The number of hydrogen-bond acceptors (Lipinski definition) is 0. The van der Waals surface area contributed by atoms with E-state index in [2.05, 4.69) is 27.7 Å². The Balaban J connectivity index is 2.42. The summed E-state index contributed by atoms with van der Waals surface area (Å²) in [6.07, 6.45) is 5.48. The molecule has 70 valence electrons. The van der Waals surface area contributed by atoms with Gasteiger partial charge in [0.25, 0.3) is 0 Å². The van der Waals surface area contributed by atoms with E-state index in [1.807, 2.05) is 0 Å². The van der Waals surface area contributed by atoms with Crippen molar-refractivity contribution in [2.45, 2.75) is 53.4 Å². The molecule has 1 aliphatic rings. The summed E-state index contributed by atoms with van der Waals surface area (Å²) in [6.45, 7) is 9.27. The lowest BCUT2D eigenvalue weighted by molar-refractivity contribution is 0.542. The maximum absolute atomic E-state index is 2.32. The molecular formula is C12H22. The van der Waals surface area contributed by atoms with Crippen LogP contribution in [0.4, 0.5) is 0 Å². The zero-order valence-corrected chi connectivity index (χ0v) is 8.98. The van der Waals surface area contributed by atoms with Crippen molar-refractivity contribution >= 4 is 0 Å². The summed E-state index contributed by atoms with van der Waals surface area (Å²) < 4.78 is 0. The lowest BCUT2D eigenvalue weighted by Crippen LogP contribution is -2.08. The van der Waals surface area contributed by atoms with Gasteiger partial charge in [-0.15, -0.1) is 0 Å². The van der Waals surface area contributed by atoms with E-state index < -0.39 is 0 Å². The van der Waals surface area contributed by atoms with Crippen molar-refractivity contribution in [3.63, 3.8) is 0 Å². The fraction of sp³-hybridized carbons (Fsp3) is 0.833. The molecule has 0 aromatic carbocycles. The van der Waals surface area contributed by atoms with Crippen LogP contribution in [0, 0.1) is 11.8 Å². The minimum absolute atomic E-state index is 0.850. The number of allylic oxidation sites excluding steroid dienone is 2. The molecule has 0 heterocycles. The van der Waals surface area contributed by atoms with Crippen molar-refractivity contribution in [1.29, 1.82) is 0 Å². The van der Waals surface area contributed by atoms with E-state index >= 15 is 0 Å². The van der Waals surface area contributed by atoms with E-state index in [-0.39, 0.29) is 0 Å². The van der Waals surface area contributed by atoms with Crippen LogP contribution in [0.15, 0.2) is 11.1 Å². The van der Waals surface area contributed by atoms with Crippen LogP contribution < -0.4 is 0 Å². The minimum Gasteiger partial charge on any atom is -0.0704 e. The normalized spacial score (nSPS) is 17.5. The Morgan fingerprint density at radius 1 is 0.833 bits per heavy atom. The van der Waals surface area contributed by atoms with Crippen LogP contribution in [0.25, 0.3) is 0 Å². The molecule has 0 aromatic heterocycles. The average molecular weight is 166 g/mol. The van der Waals surface area contributed by atoms with Gasteiger partial charge in [-0.05, 0) is 37.5 Å². The highest BCUT2D eigenvalue weighted by molar-refractivity contribution is 5.24. The molecule has 0 aliphatic heterocycles. The molecule has 0 atom stereocenters. The first-order valence-corrected chi connectivity index (χ1v) is 5.29. The van der Waals surface area contributed by atoms with Crippen molar-refractivity contribution < 1.29 is 0 Å². The molecule has 1 aliphatic carbocycles. The van der Waals surface area contributed by atoms with E-state index in [9.17, 15) is 0 Å².